The quantitative estimate of drug-likeness (QED) is 0.851. The average molecular weight is 285 g/mol. The van der Waals surface area contributed by atoms with Crippen molar-refractivity contribution in [3.8, 4) is 0 Å². The lowest BCUT2D eigenvalue weighted by Gasteiger charge is -2.32. The van der Waals surface area contributed by atoms with Crippen LogP contribution in [0.15, 0.2) is 29.0 Å². The molecule has 0 bridgehead atoms. The van der Waals surface area contributed by atoms with E-state index in [1.807, 2.05) is 18.0 Å². The van der Waals surface area contributed by atoms with Crippen molar-refractivity contribution < 1.29 is 9.21 Å². The van der Waals surface area contributed by atoms with Gasteiger partial charge in [-0.15, -0.1) is 0 Å². The molecule has 3 heterocycles. The average Bonchev–Trinajstić information content (AvgIpc) is 2.94. The molecule has 2 aromatic heterocycles. The molecule has 1 aliphatic heterocycles. The van der Waals surface area contributed by atoms with Gasteiger partial charge in [-0.3, -0.25) is 9.78 Å². The molecule has 0 radical (unpaired) electrons. The van der Waals surface area contributed by atoms with Crippen molar-refractivity contribution in [2.24, 2.45) is 0 Å². The molecular weight excluding hydrogens is 266 g/mol. The fraction of sp³-hybridized carbons (Fsp3) is 0.438. The first-order valence-corrected chi connectivity index (χ1v) is 7.27. The zero-order valence-corrected chi connectivity index (χ0v) is 12.4. The molecule has 21 heavy (non-hydrogen) atoms. The molecule has 2 aromatic rings. The van der Waals surface area contributed by atoms with Gasteiger partial charge in [0.15, 0.2) is 11.6 Å². The van der Waals surface area contributed by atoms with Crippen LogP contribution < -0.4 is 0 Å². The highest BCUT2D eigenvalue weighted by atomic mass is 16.3. The Morgan fingerprint density at radius 3 is 2.90 bits per heavy atom. The van der Waals surface area contributed by atoms with Gasteiger partial charge in [-0.25, -0.2) is 4.98 Å². The standard InChI is InChI=1S/C16H19N3O2/c1-11-5-6-14(17-8-11)13-4-3-7-19(9-13)16(20)15-10-21-12(2)18-15/h5-6,8,10,13H,3-4,7,9H2,1-2H3. The van der Waals surface area contributed by atoms with Gasteiger partial charge in [0, 0.05) is 37.8 Å². The molecular formula is C16H19N3O2. The molecule has 0 N–H and O–H groups in total. The fourth-order valence-electron chi connectivity index (χ4n) is 2.75. The molecule has 110 valence electrons. The number of likely N-dealkylation sites (tertiary alicyclic amines) is 1. The predicted octanol–water partition coefficient (Wildman–Crippen LogP) is 2.71. The molecule has 0 aliphatic carbocycles. The summed E-state index contributed by atoms with van der Waals surface area (Å²) < 4.78 is 5.13. The molecule has 1 saturated heterocycles. The zero-order valence-electron chi connectivity index (χ0n) is 12.4. The third-order valence-corrected chi connectivity index (χ3v) is 3.90. The molecule has 5 nitrogen and oxygen atoms in total. The number of carbonyl (C=O) groups excluding carboxylic acids is 1. The molecule has 5 heteroatoms. The van der Waals surface area contributed by atoms with E-state index in [0.29, 0.717) is 24.0 Å². The minimum Gasteiger partial charge on any atom is -0.448 e. The third kappa shape index (κ3) is 2.96. The first kappa shape index (κ1) is 13.8. The lowest BCUT2D eigenvalue weighted by Crippen LogP contribution is -2.39. The summed E-state index contributed by atoms with van der Waals surface area (Å²) in [5.74, 6) is 0.770. The number of aromatic nitrogens is 2. The van der Waals surface area contributed by atoms with Crippen LogP contribution in [0.1, 0.15) is 46.4 Å². The summed E-state index contributed by atoms with van der Waals surface area (Å²) in [5.41, 5.74) is 2.61. The number of aryl methyl sites for hydroxylation is 2. The number of nitrogens with zero attached hydrogens (tertiary/aromatic N) is 3. The summed E-state index contributed by atoms with van der Waals surface area (Å²) in [5, 5.41) is 0. The van der Waals surface area contributed by atoms with Crippen molar-refractivity contribution in [1.29, 1.82) is 0 Å². The van der Waals surface area contributed by atoms with E-state index in [2.05, 4.69) is 22.1 Å². The number of oxazole rings is 1. The Morgan fingerprint density at radius 1 is 1.38 bits per heavy atom. The highest BCUT2D eigenvalue weighted by Gasteiger charge is 2.27. The van der Waals surface area contributed by atoms with Gasteiger partial charge in [-0.1, -0.05) is 6.07 Å². The molecule has 0 spiro atoms. The third-order valence-electron chi connectivity index (χ3n) is 3.90. The lowest BCUT2D eigenvalue weighted by atomic mass is 9.94. The van der Waals surface area contributed by atoms with Crippen molar-refractivity contribution in [2.75, 3.05) is 13.1 Å². The van der Waals surface area contributed by atoms with Crippen LogP contribution in [-0.2, 0) is 0 Å². The summed E-state index contributed by atoms with van der Waals surface area (Å²) >= 11 is 0. The Kier molecular flexibility index (Phi) is 3.73. The predicted molar refractivity (Wildman–Crippen MR) is 78.1 cm³/mol. The van der Waals surface area contributed by atoms with Crippen LogP contribution in [0, 0.1) is 13.8 Å². The van der Waals surface area contributed by atoms with Gasteiger partial charge in [0.1, 0.15) is 6.26 Å². The Balaban J connectivity index is 1.73. The van der Waals surface area contributed by atoms with Crippen LogP contribution in [-0.4, -0.2) is 33.9 Å². The summed E-state index contributed by atoms with van der Waals surface area (Å²) in [4.78, 5) is 22.9. The van der Waals surface area contributed by atoms with E-state index in [4.69, 9.17) is 4.42 Å². The van der Waals surface area contributed by atoms with Crippen LogP contribution >= 0.6 is 0 Å². The normalized spacial score (nSPS) is 18.8. The van der Waals surface area contributed by atoms with E-state index in [1.54, 1.807) is 6.92 Å². The highest BCUT2D eigenvalue weighted by Crippen LogP contribution is 2.26. The molecule has 1 unspecified atom stereocenters. The molecule has 0 saturated carbocycles. The molecule has 1 atom stereocenters. The summed E-state index contributed by atoms with van der Waals surface area (Å²) in [6.07, 6.45) is 5.38. The van der Waals surface area contributed by atoms with Crippen molar-refractivity contribution in [3.63, 3.8) is 0 Å². The van der Waals surface area contributed by atoms with E-state index in [0.717, 1.165) is 30.6 Å². The minimum atomic E-state index is -0.0522. The molecule has 0 aromatic carbocycles. The van der Waals surface area contributed by atoms with Gasteiger partial charge in [-0.2, -0.15) is 0 Å². The second kappa shape index (κ2) is 5.68. The van der Waals surface area contributed by atoms with Crippen molar-refractivity contribution in [3.05, 3.63) is 47.4 Å². The molecule has 1 aliphatic rings. The van der Waals surface area contributed by atoms with Gasteiger partial charge in [-0.05, 0) is 31.4 Å². The minimum absolute atomic E-state index is 0.0522. The highest BCUT2D eigenvalue weighted by molar-refractivity contribution is 5.92. The van der Waals surface area contributed by atoms with E-state index < -0.39 is 0 Å². The Bertz CT molecular complexity index is 633. The second-order valence-corrected chi connectivity index (χ2v) is 5.60. The Morgan fingerprint density at radius 2 is 2.24 bits per heavy atom. The van der Waals surface area contributed by atoms with Gasteiger partial charge in [0.25, 0.3) is 5.91 Å². The van der Waals surface area contributed by atoms with Crippen molar-refractivity contribution in [1.82, 2.24) is 14.9 Å². The Labute approximate surface area is 124 Å². The van der Waals surface area contributed by atoms with E-state index in [1.165, 1.54) is 6.26 Å². The van der Waals surface area contributed by atoms with Gasteiger partial charge >= 0.3 is 0 Å². The van der Waals surface area contributed by atoms with E-state index in [9.17, 15) is 4.79 Å². The van der Waals surface area contributed by atoms with Crippen LogP contribution in [0.5, 0.6) is 0 Å². The number of amides is 1. The van der Waals surface area contributed by atoms with Crippen molar-refractivity contribution in [2.45, 2.75) is 32.6 Å². The summed E-state index contributed by atoms with van der Waals surface area (Å²) in [7, 11) is 0. The number of rotatable bonds is 2. The first-order valence-electron chi connectivity index (χ1n) is 7.27. The van der Waals surface area contributed by atoms with Crippen LogP contribution in [0.25, 0.3) is 0 Å². The first-order chi connectivity index (χ1) is 10.1. The van der Waals surface area contributed by atoms with Gasteiger partial charge in [0.05, 0.1) is 0 Å². The van der Waals surface area contributed by atoms with Crippen LogP contribution in [0.2, 0.25) is 0 Å². The topological polar surface area (TPSA) is 59.2 Å². The number of piperidine rings is 1. The lowest BCUT2D eigenvalue weighted by molar-refractivity contribution is 0.0700. The number of hydrogen-bond donors (Lipinski definition) is 0. The number of carbonyl (C=O) groups is 1. The molecule has 1 fully saturated rings. The number of hydrogen-bond acceptors (Lipinski definition) is 4. The van der Waals surface area contributed by atoms with Gasteiger partial charge < -0.3 is 9.32 Å². The maximum Gasteiger partial charge on any atom is 0.275 e. The summed E-state index contributed by atoms with van der Waals surface area (Å²) in [6, 6.07) is 4.14. The Hall–Kier alpha value is -2.17. The van der Waals surface area contributed by atoms with Crippen LogP contribution in [0.3, 0.4) is 0 Å². The second-order valence-electron chi connectivity index (χ2n) is 5.60. The zero-order chi connectivity index (χ0) is 14.8. The smallest absolute Gasteiger partial charge is 0.275 e. The van der Waals surface area contributed by atoms with Crippen molar-refractivity contribution >= 4 is 5.91 Å². The molecule has 1 amide bonds. The fourth-order valence-corrected chi connectivity index (χ4v) is 2.75. The maximum atomic E-state index is 12.4. The van der Waals surface area contributed by atoms with Crippen LogP contribution in [0.4, 0.5) is 0 Å². The maximum absolute atomic E-state index is 12.4. The SMILES string of the molecule is Cc1ccc(C2CCCN(C(=O)c3coc(C)n3)C2)nc1. The molecule has 3 rings (SSSR count). The summed E-state index contributed by atoms with van der Waals surface area (Å²) in [6.45, 7) is 5.24. The van der Waals surface area contributed by atoms with Gasteiger partial charge in [0.2, 0.25) is 0 Å². The number of pyridine rings is 1. The largest absolute Gasteiger partial charge is 0.448 e. The monoisotopic (exact) mass is 285 g/mol. The van der Waals surface area contributed by atoms with E-state index >= 15 is 0 Å². The van der Waals surface area contributed by atoms with E-state index in [-0.39, 0.29) is 5.91 Å².